The van der Waals surface area contributed by atoms with Crippen molar-refractivity contribution in [3.05, 3.63) is 76.5 Å². The number of carbonyl (C=O) groups is 1. The zero-order valence-corrected chi connectivity index (χ0v) is 12.2. The molecular formula is C17H16ClNO. The van der Waals surface area contributed by atoms with Crippen LogP contribution in [0.1, 0.15) is 22.8 Å². The van der Waals surface area contributed by atoms with Crippen LogP contribution in [0.25, 0.3) is 0 Å². The van der Waals surface area contributed by atoms with Crippen LogP contribution >= 0.6 is 11.6 Å². The van der Waals surface area contributed by atoms with Gasteiger partial charge in [0.1, 0.15) is 0 Å². The molecule has 0 bridgehead atoms. The van der Waals surface area contributed by atoms with Crippen LogP contribution in [0.2, 0.25) is 5.02 Å². The highest BCUT2D eigenvalue weighted by molar-refractivity contribution is 6.30. The van der Waals surface area contributed by atoms with Gasteiger partial charge in [0, 0.05) is 28.0 Å². The molecule has 1 N–H and O–H groups in total. The molecule has 0 aliphatic carbocycles. The maximum absolute atomic E-state index is 12.1. The van der Waals surface area contributed by atoms with Crippen LogP contribution < -0.4 is 5.32 Å². The second-order valence-corrected chi connectivity index (χ2v) is 5.13. The molecule has 0 unspecified atom stereocenters. The number of hydrogen-bond acceptors (Lipinski definition) is 2. The molecule has 0 radical (unpaired) electrons. The fourth-order valence-corrected chi connectivity index (χ4v) is 1.92. The molecule has 3 heteroatoms. The number of halogens is 1. The maximum Gasteiger partial charge on any atom is 0.187 e. The number of carbonyl (C=O) groups excluding carboxylic acids is 1. The first-order chi connectivity index (χ1) is 9.54. The minimum absolute atomic E-state index is 0.0428. The van der Waals surface area contributed by atoms with Gasteiger partial charge in [-0.2, -0.15) is 0 Å². The summed E-state index contributed by atoms with van der Waals surface area (Å²) >= 11 is 5.80. The predicted octanol–water partition coefficient (Wildman–Crippen LogP) is 4.85. The molecule has 2 rings (SSSR count). The van der Waals surface area contributed by atoms with Crippen LogP contribution in [0.15, 0.2) is 60.3 Å². The van der Waals surface area contributed by atoms with Gasteiger partial charge in [0.2, 0.25) is 0 Å². The van der Waals surface area contributed by atoms with Crippen molar-refractivity contribution in [1.29, 1.82) is 0 Å². The van der Waals surface area contributed by atoms with Crippen LogP contribution in [-0.4, -0.2) is 5.78 Å². The summed E-state index contributed by atoms with van der Waals surface area (Å²) < 4.78 is 0. The number of hydrogen-bond donors (Lipinski definition) is 1. The van der Waals surface area contributed by atoms with E-state index in [1.165, 1.54) is 5.56 Å². The van der Waals surface area contributed by atoms with E-state index in [1.54, 1.807) is 30.3 Å². The van der Waals surface area contributed by atoms with Crippen LogP contribution in [0.4, 0.5) is 5.69 Å². The molecule has 0 aliphatic rings. The number of nitrogens with one attached hydrogen (secondary N) is 1. The average Bonchev–Trinajstić information content (AvgIpc) is 2.42. The lowest BCUT2D eigenvalue weighted by molar-refractivity contribution is 0.104. The minimum atomic E-state index is -0.0428. The second kappa shape index (κ2) is 6.40. The maximum atomic E-state index is 12.1. The van der Waals surface area contributed by atoms with Crippen molar-refractivity contribution in [2.24, 2.45) is 0 Å². The molecule has 0 saturated heterocycles. The number of aryl methyl sites for hydroxylation is 1. The van der Waals surface area contributed by atoms with Crippen molar-refractivity contribution in [2.45, 2.75) is 13.8 Å². The standard InChI is InChI=1S/C17H16ClNO/c1-12-3-9-16(10-4-12)19-13(2)11-17(20)14-5-7-15(18)8-6-14/h3-11,19H,1-2H3/b13-11+. The number of allylic oxidation sites excluding steroid dienone is 2. The van der Waals surface area contributed by atoms with Crippen molar-refractivity contribution in [3.63, 3.8) is 0 Å². The summed E-state index contributed by atoms with van der Waals surface area (Å²) in [5, 5.41) is 3.82. The number of ketones is 1. The summed E-state index contributed by atoms with van der Waals surface area (Å²) in [5.74, 6) is -0.0428. The Morgan fingerprint density at radius 3 is 2.25 bits per heavy atom. The highest BCUT2D eigenvalue weighted by atomic mass is 35.5. The van der Waals surface area contributed by atoms with E-state index in [2.05, 4.69) is 5.32 Å². The molecule has 0 amide bonds. The summed E-state index contributed by atoms with van der Waals surface area (Å²) in [6, 6.07) is 14.9. The van der Waals surface area contributed by atoms with E-state index in [4.69, 9.17) is 11.6 Å². The molecule has 102 valence electrons. The highest BCUT2D eigenvalue weighted by Gasteiger charge is 2.03. The van der Waals surface area contributed by atoms with Crippen LogP contribution in [0, 0.1) is 6.92 Å². The van der Waals surface area contributed by atoms with Crippen molar-refractivity contribution < 1.29 is 4.79 Å². The number of rotatable bonds is 4. The zero-order valence-electron chi connectivity index (χ0n) is 11.5. The predicted molar refractivity (Wildman–Crippen MR) is 84.3 cm³/mol. The molecule has 20 heavy (non-hydrogen) atoms. The van der Waals surface area contributed by atoms with Crippen molar-refractivity contribution in [2.75, 3.05) is 5.32 Å². The molecule has 0 spiro atoms. The fourth-order valence-electron chi connectivity index (χ4n) is 1.79. The molecule has 0 atom stereocenters. The second-order valence-electron chi connectivity index (χ2n) is 4.69. The normalized spacial score (nSPS) is 11.2. The largest absolute Gasteiger partial charge is 0.359 e. The van der Waals surface area contributed by atoms with E-state index >= 15 is 0 Å². The van der Waals surface area contributed by atoms with Gasteiger partial charge in [0.05, 0.1) is 0 Å². The minimum Gasteiger partial charge on any atom is -0.359 e. The molecule has 0 aromatic heterocycles. The first kappa shape index (κ1) is 14.4. The van der Waals surface area contributed by atoms with E-state index in [-0.39, 0.29) is 5.78 Å². The monoisotopic (exact) mass is 285 g/mol. The Balaban J connectivity index is 2.07. The topological polar surface area (TPSA) is 29.1 Å². The fraction of sp³-hybridized carbons (Fsp3) is 0.118. The molecule has 2 nitrogen and oxygen atoms in total. The lowest BCUT2D eigenvalue weighted by atomic mass is 10.1. The SMILES string of the molecule is C/C(=C\C(=O)c1ccc(Cl)cc1)Nc1ccc(C)cc1. The Labute approximate surface area is 124 Å². The van der Waals surface area contributed by atoms with E-state index in [9.17, 15) is 4.79 Å². The molecule has 2 aromatic rings. The van der Waals surface area contributed by atoms with E-state index in [0.29, 0.717) is 10.6 Å². The van der Waals surface area contributed by atoms with Crippen molar-refractivity contribution in [1.82, 2.24) is 0 Å². The molecule has 0 heterocycles. The van der Waals surface area contributed by atoms with Gasteiger partial charge in [-0.05, 0) is 50.2 Å². The molecule has 0 aliphatic heterocycles. The van der Waals surface area contributed by atoms with Crippen molar-refractivity contribution >= 4 is 23.1 Å². The molecule has 2 aromatic carbocycles. The van der Waals surface area contributed by atoms with E-state index in [1.807, 2.05) is 38.1 Å². The summed E-state index contributed by atoms with van der Waals surface area (Å²) in [4.78, 5) is 12.1. The number of benzene rings is 2. The lowest BCUT2D eigenvalue weighted by Gasteiger charge is -2.06. The van der Waals surface area contributed by atoms with Crippen LogP contribution in [0.3, 0.4) is 0 Å². The Kier molecular flexibility index (Phi) is 4.59. The number of anilines is 1. The van der Waals surface area contributed by atoms with Crippen molar-refractivity contribution in [3.8, 4) is 0 Å². The zero-order chi connectivity index (χ0) is 14.5. The molecule has 0 saturated carbocycles. The summed E-state index contributed by atoms with van der Waals surface area (Å²) in [7, 11) is 0. The van der Waals surface area contributed by atoms with Gasteiger partial charge < -0.3 is 5.32 Å². The van der Waals surface area contributed by atoms with Gasteiger partial charge in [0.15, 0.2) is 5.78 Å². The summed E-state index contributed by atoms with van der Waals surface area (Å²) in [6.45, 7) is 3.91. The lowest BCUT2D eigenvalue weighted by Crippen LogP contribution is -2.01. The quantitative estimate of drug-likeness (QED) is 0.643. The average molecular weight is 286 g/mol. The van der Waals surface area contributed by atoms with Crippen LogP contribution in [-0.2, 0) is 0 Å². The first-order valence-electron chi connectivity index (χ1n) is 6.36. The third-order valence-corrected chi connectivity index (χ3v) is 3.12. The first-order valence-corrected chi connectivity index (χ1v) is 6.74. The third kappa shape index (κ3) is 3.97. The summed E-state index contributed by atoms with van der Waals surface area (Å²) in [5.41, 5.74) is 3.59. The van der Waals surface area contributed by atoms with E-state index in [0.717, 1.165) is 11.4 Å². The van der Waals surface area contributed by atoms with E-state index < -0.39 is 0 Å². The Morgan fingerprint density at radius 1 is 1.05 bits per heavy atom. The Morgan fingerprint density at radius 2 is 1.65 bits per heavy atom. The smallest absolute Gasteiger partial charge is 0.187 e. The van der Waals surface area contributed by atoms with Gasteiger partial charge in [-0.15, -0.1) is 0 Å². The van der Waals surface area contributed by atoms with Gasteiger partial charge in [0.25, 0.3) is 0 Å². The summed E-state index contributed by atoms with van der Waals surface area (Å²) in [6.07, 6.45) is 1.59. The third-order valence-electron chi connectivity index (χ3n) is 2.87. The van der Waals surface area contributed by atoms with Crippen LogP contribution in [0.5, 0.6) is 0 Å². The highest BCUT2D eigenvalue weighted by Crippen LogP contribution is 2.13. The van der Waals surface area contributed by atoms with Gasteiger partial charge in [-0.25, -0.2) is 0 Å². The Hall–Kier alpha value is -2.06. The Bertz CT molecular complexity index is 627. The molecular weight excluding hydrogens is 270 g/mol. The van der Waals surface area contributed by atoms with Gasteiger partial charge in [-0.1, -0.05) is 29.3 Å². The molecule has 0 fully saturated rings. The van der Waals surface area contributed by atoms with Gasteiger partial charge in [-0.3, -0.25) is 4.79 Å². The van der Waals surface area contributed by atoms with Gasteiger partial charge >= 0.3 is 0 Å².